The van der Waals surface area contributed by atoms with Crippen molar-refractivity contribution in [1.29, 1.82) is 0 Å². The van der Waals surface area contributed by atoms with Gasteiger partial charge < -0.3 is 10.1 Å². The van der Waals surface area contributed by atoms with E-state index in [4.69, 9.17) is 27.9 Å². The van der Waals surface area contributed by atoms with Crippen LogP contribution < -0.4 is 10.1 Å². The van der Waals surface area contributed by atoms with E-state index in [-0.39, 0.29) is 0 Å². The zero-order chi connectivity index (χ0) is 17.6. The lowest BCUT2D eigenvalue weighted by Crippen LogP contribution is -2.13. The minimum atomic E-state index is 0.331. The summed E-state index contributed by atoms with van der Waals surface area (Å²) in [5, 5.41) is 6.76. The van der Waals surface area contributed by atoms with Gasteiger partial charge in [-0.05, 0) is 41.8 Å². The predicted octanol–water partition coefficient (Wildman–Crippen LogP) is 6.69. The molecule has 0 amide bonds. The van der Waals surface area contributed by atoms with Crippen LogP contribution in [-0.2, 0) is 19.7 Å². The SMILES string of the molecule is Clc1cccc(Cl)c1COc1ccc(Br)cc1CNCc1cccs1. The molecule has 3 rings (SSSR count). The third kappa shape index (κ3) is 5.22. The van der Waals surface area contributed by atoms with Crippen LogP contribution in [0.5, 0.6) is 5.75 Å². The highest BCUT2D eigenvalue weighted by Gasteiger charge is 2.09. The van der Waals surface area contributed by atoms with E-state index >= 15 is 0 Å². The number of halogens is 3. The second-order valence-corrected chi connectivity index (χ2v) is 8.19. The van der Waals surface area contributed by atoms with Gasteiger partial charge in [-0.15, -0.1) is 11.3 Å². The number of rotatable bonds is 7. The fourth-order valence-electron chi connectivity index (χ4n) is 2.38. The van der Waals surface area contributed by atoms with E-state index in [1.54, 1.807) is 11.3 Å². The van der Waals surface area contributed by atoms with Crippen molar-refractivity contribution in [3.05, 3.63) is 84.4 Å². The van der Waals surface area contributed by atoms with E-state index in [0.29, 0.717) is 23.2 Å². The molecule has 25 heavy (non-hydrogen) atoms. The van der Waals surface area contributed by atoms with Crippen molar-refractivity contribution in [2.24, 2.45) is 0 Å². The van der Waals surface area contributed by atoms with Crippen LogP contribution in [0.1, 0.15) is 16.0 Å². The van der Waals surface area contributed by atoms with Crippen LogP contribution in [0.2, 0.25) is 10.0 Å². The molecule has 0 bridgehead atoms. The van der Waals surface area contributed by atoms with Gasteiger partial charge in [-0.25, -0.2) is 0 Å². The van der Waals surface area contributed by atoms with E-state index in [9.17, 15) is 0 Å². The Morgan fingerprint density at radius 2 is 1.80 bits per heavy atom. The first-order chi connectivity index (χ1) is 12.1. The molecule has 0 aliphatic carbocycles. The highest BCUT2D eigenvalue weighted by Crippen LogP contribution is 2.28. The van der Waals surface area contributed by atoms with Crippen molar-refractivity contribution in [2.45, 2.75) is 19.7 Å². The summed E-state index contributed by atoms with van der Waals surface area (Å²) in [6.07, 6.45) is 0. The summed E-state index contributed by atoms with van der Waals surface area (Å²) in [6.45, 7) is 1.88. The van der Waals surface area contributed by atoms with Gasteiger partial charge >= 0.3 is 0 Å². The molecule has 0 spiro atoms. The van der Waals surface area contributed by atoms with Crippen molar-refractivity contribution in [2.75, 3.05) is 0 Å². The zero-order valence-corrected chi connectivity index (χ0v) is 17.2. The molecule has 0 atom stereocenters. The Labute approximate surface area is 169 Å². The highest BCUT2D eigenvalue weighted by atomic mass is 79.9. The van der Waals surface area contributed by atoms with Crippen LogP contribution in [0.3, 0.4) is 0 Å². The molecule has 3 aromatic rings. The number of benzene rings is 2. The monoisotopic (exact) mass is 455 g/mol. The molecule has 0 saturated heterocycles. The minimum Gasteiger partial charge on any atom is -0.488 e. The first-order valence-corrected chi connectivity index (χ1v) is 10.1. The summed E-state index contributed by atoms with van der Waals surface area (Å²) < 4.78 is 7.02. The van der Waals surface area contributed by atoms with Crippen LogP contribution in [0.25, 0.3) is 0 Å². The van der Waals surface area contributed by atoms with E-state index in [2.05, 4.69) is 44.8 Å². The number of hydrogen-bond donors (Lipinski definition) is 1. The van der Waals surface area contributed by atoms with Crippen molar-refractivity contribution in [3.8, 4) is 5.75 Å². The second kappa shape index (κ2) is 9.06. The van der Waals surface area contributed by atoms with Gasteiger partial charge in [0.15, 0.2) is 0 Å². The lowest BCUT2D eigenvalue weighted by molar-refractivity contribution is 0.302. The smallest absolute Gasteiger partial charge is 0.124 e. The van der Waals surface area contributed by atoms with Crippen LogP contribution in [-0.4, -0.2) is 0 Å². The Hall–Kier alpha value is -1.04. The quantitative estimate of drug-likeness (QED) is 0.427. The molecule has 1 N–H and O–H groups in total. The summed E-state index contributed by atoms with van der Waals surface area (Å²) in [6, 6.07) is 15.6. The summed E-state index contributed by atoms with van der Waals surface area (Å²) >= 11 is 17.7. The molecular weight excluding hydrogens is 441 g/mol. The summed E-state index contributed by atoms with van der Waals surface area (Å²) in [7, 11) is 0. The van der Waals surface area contributed by atoms with E-state index in [1.807, 2.05) is 30.3 Å². The molecule has 2 nitrogen and oxygen atoms in total. The molecule has 1 heterocycles. The molecule has 1 aromatic heterocycles. The summed E-state index contributed by atoms with van der Waals surface area (Å²) in [5.41, 5.74) is 1.88. The Kier molecular flexibility index (Phi) is 6.79. The van der Waals surface area contributed by atoms with E-state index < -0.39 is 0 Å². The molecule has 0 aliphatic rings. The lowest BCUT2D eigenvalue weighted by Gasteiger charge is -2.14. The summed E-state index contributed by atoms with van der Waals surface area (Å²) in [4.78, 5) is 1.31. The Morgan fingerprint density at radius 1 is 1.00 bits per heavy atom. The molecule has 130 valence electrons. The first kappa shape index (κ1) is 18.7. The average molecular weight is 457 g/mol. The van der Waals surface area contributed by atoms with Gasteiger partial charge in [-0.2, -0.15) is 0 Å². The minimum absolute atomic E-state index is 0.331. The molecule has 2 aromatic carbocycles. The maximum absolute atomic E-state index is 6.22. The molecule has 0 aliphatic heterocycles. The maximum atomic E-state index is 6.22. The first-order valence-electron chi connectivity index (χ1n) is 7.70. The third-order valence-corrected chi connectivity index (χ3v) is 5.73. The van der Waals surface area contributed by atoms with Gasteiger partial charge in [0.05, 0.1) is 0 Å². The average Bonchev–Trinajstić information content (AvgIpc) is 3.09. The Morgan fingerprint density at radius 3 is 2.52 bits per heavy atom. The topological polar surface area (TPSA) is 21.3 Å². The van der Waals surface area contributed by atoms with Crippen molar-refractivity contribution in [1.82, 2.24) is 5.32 Å². The second-order valence-electron chi connectivity index (χ2n) is 5.42. The van der Waals surface area contributed by atoms with Gasteiger partial charge in [0.25, 0.3) is 0 Å². The zero-order valence-electron chi connectivity index (χ0n) is 13.3. The highest BCUT2D eigenvalue weighted by molar-refractivity contribution is 9.10. The molecule has 0 saturated carbocycles. The Bertz CT molecular complexity index is 819. The van der Waals surface area contributed by atoms with E-state index in [0.717, 1.165) is 27.9 Å². The molecular formula is C19H16BrCl2NOS. The Balaban J connectivity index is 1.68. The molecule has 6 heteroatoms. The van der Waals surface area contributed by atoms with E-state index in [1.165, 1.54) is 4.88 Å². The fourth-order valence-corrected chi connectivity index (χ4v) is 3.97. The lowest BCUT2D eigenvalue weighted by atomic mass is 10.2. The normalized spacial score (nSPS) is 10.8. The fraction of sp³-hybridized carbons (Fsp3) is 0.158. The van der Waals surface area contributed by atoms with Crippen LogP contribution >= 0.6 is 50.5 Å². The third-order valence-electron chi connectivity index (χ3n) is 3.65. The number of thiophene rings is 1. The molecule has 0 radical (unpaired) electrons. The largest absolute Gasteiger partial charge is 0.488 e. The standard InChI is InChI=1S/C19H16BrCl2NOS/c20-14-6-7-19(24-12-16-17(21)4-1-5-18(16)22)13(9-14)10-23-11-15-3-2-8-25-15/h1-9,23H,10-12H2. The number of ether oxygens (including phenoxy) is 1. The number of nitrogens with one attached hydrogen (secondary N) is 1. The van der Waals surface area contributed by atoms with Gasteiger partial charge in [0.2, 0.25) is 0 Å². The maximum Gasteiger partial charge on any atom is 0.124 e. The summed E-state index contributed by atoms with van der Waals surface area (Å²) in [5.74, 6) is 0.817. The van der Waals surface area contributed by atoms with Gasteiger partial charge in [-0.1, -0.05) is 51.3 Å². The van der Waals surface area contributed by atoms with Gasteiger partial charge in [-0.3, -0.25) is 0 Å². The van der Waals surface area contributed by atoms with Gasteiger partial charge in [0.1, 0.15) is 12.4 Å². The predicted molar refractivity (Wildman–Crippen MR) is 110 cm³/mol. The molecule has 0 fully saturated rings. The van der Waals surface area contributed by atoms with Crippen LogP contribution in [0, 0.1) is 0 Å². The van der Waals surface area contributed by atoms with Crippen LogP contribution in [0.15, 0.2) is 58.4 Å². The number of hydrogen-bond acceptors (Lipinski definition) is 3. The van der Waals surface area contributed by atoms with Crippen molar-refractivity contribution < 1.29 is 4.74 Å². The van der Waals surface area contributed by atoms with Crippen LogP contribution in [0.4, 0.5) is 0 Å². The van der Waals surface area contributed by atoms with Crippen molar-refractivity contribution >= 4 is 50.5 Å². The van der Waals surface area contributed by atoms with Crippen molar-refractivity contribution in [3.63, 3.8) is 0 Å². The molecule has 0 unspecified atom stereocenters. The van der Waals surface area contributed by atoms with Gasteiger partial charge in [0, 0.05) is 43.6 Å².